The lowest BCUT2D eigenvalue weighted by Crippen LogP contribution is -2.51. The Labute approximate surface area is 206 Å². The van der Waals surface area contributed by atoms with Gasteiger partial charge in [-0.05, 0) is 65.4 Å². The summed E-state index contributed by atoms with van der Waals surface area (Å²) in [4.78, 5) is 40.8. The third-order valence-corrected chi connectivity index (χ3v) is 5.42. The highest BCUT2D eigenvalue weighted by Gasteiger charge is 2.35. The Morgan fingerprint density at radius 3 is 2.29 bits per heavy atom. The molecule has 0 saturated carbocycles. The van der Waals surface area contributed by atoms with Crippen LogP contribution in [0.15, 0.2) is 24.3 Å². The van der Waals surface area contributed by atoms with E-state index in [1.807, 2.05) is 38.1 Å². The fourth-order valence-corrected chi connectivity index (χ4v) is 3.67. The summed E-state index contributed by atoms with van der Waals surface area (Å²) in [6.45, 7) is 15.9. The van der Waals surface area contributed by atoms with Crippen molar-refractivity contribution in [3.63, 3.8) is 0 Å². The molecule has 0 aliphatic rings. The van der Waals surface area contributed by atoms with Crippen molar-refractivity contribution in [3.05, 3.63) is 35.4 Å². The van der Waals surface area contributed by atoms with Gasteiger partial charge in [-0.15, -0.1) is 0 Å². The second kappa shape index (κ2) is 14.0. The van der Waals surface area contributed by atoms with E-state index in [1.165, 1.54) is 0 Å². The fourth-order valence-electron chi connectivity index (χ4n) is 3.67. The van der Waals surface area contributed by atoms with Gasteiger partial charge in [0.1, 0.15) is 18.2 Å². The van der Waals surface area contributed by atoms with Crippen LogP contribution >= 0.6 is 0 Å². The molecule has 2 unspecified atom stereocenters. The molecule has 0 spiro atoms. The molecular formula is C27H45N3O4. The van der Waals surface area contributed by atoms with E-state index in [2.05, 4.69) is 31.4 Å². The number of nitrogens with zero attached hydrogens (tertiary/aromatic N) is 1. The Balaban J connectivity index is 3.28. The molecule has 2 atom stereocenters. The molecule has 0 bridgehead atoms. The van der Waals surface area contributed by atoms with E-state index < -0.39 is 17.7 Å². The third-order valence-electron chi connectivity index (χ3n) is 5.42. The normalized spacial score (nSPS) is 13.2. The summed E-state index contributed by atoms with van der Waals surface area (Å²) in [6.07, 6.45) is 2.84. The number of benzene rings is 1. The first kappa shape index (κ1) is 29.5. The second-order valence-electron chi connectivity index (χ2n) is 10.4. The van der Waals surface area contributed by atoms with Crippen molar-refractivity contribution in [2.75, 3.05) is 13.1 Å². The van der Waals surface area contributed by atoms with Crippen molar-refractivity contribution in [2.24, 2.45) is 5.92 Å². The molecule has 0 saturated heterocycles. The number of hydrogen-bond donors (Lipinski definition) is 2. The van der Waals surface area contributed by atoms with Gasteiger partial charge in [0.2, 0.25) is 11.8 Å². The van der Waals surface area contributed by atoms with Gasteiger partial charge >= 0.3 is 6.09 Å². The lowest BCUT2D eigenvalue weighted by atomic mass is 9.97. The summed E-state index contributed by atoms with van der Waals surface area (Å²) >= 11 is 0. The largest absolute Gasteiger partial charge is 0.444 e. The first-order chi connectivity index (χ1) is 15.9. The molecule has 0 fully saturated rings. The second-order valence-corrected chi connectivity index (χ2v) is 10.4. The lowest BCUT2D eigenvalue weighted by molar-refractivity contribution is -0.142. The minimum absolute atomic E-state index is 0.197. The van der Waals surface area contributed by atoms with E-state index in [0.717, 1.165) is 36.8 Å². The maximum atomic E-state index is 13.5. The van der Waals surface area contributed by atoms with Gasteiger partial charge in [-0.25, -0.2) is 4.79 Å². The maximum absolute atomic E-state index is 13.5. The first-order valence-corrected chi connectivity index (χ1v) is 12.5. The number of amides is 3. The lowest BCUT2D eigenvalue weighted by Gasteiger charge is -2.37. The highest BCUT2D eigenvalue weighted by molar-refractivity contribution is 5.90. The van der Waals surface area contributed by atoms with E-state index >= 15 is 0 Å². The number of aryl methyl sites for hydroxylation is 1. The molecule has 0 aliphatic carbocycles. The zero-order valence-electron chi connectivity index (χ0n) is 22.4. The van der Waals surface area contributed by atoms with Crippen LogP contribution in [0.5, 0.6) is 0 Å². The van der Waals surface area contributed by atoms with Crippen molar-refractivity contribution in [1.29, 1.82) is 0 Å². The van der Waals surface area contributed by atoms with Gasteiger partial charge in [0, 0.05) is 12.6 Å². The van der Waals surface area contributed by atoms with E-state index in [0.29, 0.717) is 12.5 Å². The molecule has 1 rings (SSSR count). The van der Waals surface area contributed by atoms with Crippen LogP contribution in [-0.4, -0.2) is 47.5 Å². The van der Waals surface area contributed by atoms with Gasteiger partial charge in [-0.2, -0.15) is 0 Å². The number of carbonyl (C=O) groups excluding carboxylic acids is 3. The van der Waals surface area contributed by atoms with E-state index in [9.17, 15) is 14.4 Å². The monoisotopic (exact) mass is 475 g/mol. The highest BCUT2D eigenvalue weighted by atomic mass is 16.6. The summed E-state index contributed by atoms with van der Waals surface area (Å²) in [6, 6.07) is 6.71. The molecular weight excluding hydrogens is 430 g/mol. The first-order valence-electron chi connectivity index (χ1n) is 12.5. The predicted molar refractivity (Wildman–Crippen MR) is 136 cm³/mol. The number of rotatable bonds is 12. The Hall–Kier alpha value is -2.57. The van der Waals surface area contributed by atoms with Crippen molar-refractivity contribution >= 4 is 17.9 Å². The molecule has 0 aromatic heterocycles. The Kier molecular flexibility index (Phi) is 12.1. The van der Waals surface area contributed by atoms with Crippen LogP contribution in [-0.2, 0) is 14.3 Å². The number of nitrogens with one attached hydrogen (secondary N) is 2. The maximum Gasteiger partial charge on any atom is 0.408 e. The Morgan fingerprint density at radius 1 is 1.06 bits per heavy atom. The molecule has 0 radical (unpaired) electrons. The van der Waals surface area contributed by atoms with Gasteiger partial charge < -0.3 is 20.3 Å². The van der Waals surface area contributed by atoms with Crippen molar-refractivity contribution in [3.8, 4) is 0 Å². The van der Waals surface area contributed by atoms with Crippen molar-refractivity contribution in [2.45, 2.75) is 98.8 Å². The molecule has 0 aliphatic heterocycles. The molecule has 0 heterocycles. The average molecular weight is 476 g/mol. The number of carbonyl (C=O) groups is 3. The van der Waals surface area contributed by atoms with Gasteiger partial charge in [0.05, 0.1) is 0 Å². The van der Waals surface area contributed by atoms with Crippen molar-refractivity contribution in [1.82, 2.24) is 15.5 Å². The standard InChI is InChI=1S/C27H45N3O4/c1-9-10-16-28-25(32)24(22-13-11-12-20(4)17-22)30(21(5)15-14-19(2)3)23(31)18-29-26(33)34-27(6,7)8/h11-13,17,19,21,24H,9-10,14-16,18H2,1-8H3,(H,28,32)(H,29,33). The number of ether oxygens (including phenoxy) is 1. The Bertz CT molecular complexity index is 801. The molecule has 1 aromatic carbocycles. The van der Waals surface area contributed by atoms with E-state index in [1.54, 1.807) is 25.7 Å². The van der Waals surface area contributed by atoms with Gasteiger partial charge in [0.15, 0.2) is 0 Å². The third kappa shape index (κ3) is 10.6. The number of unbranched alkanes of at least 4 members (excludes halogenated alkanes) is 1. The number of alkyl carbamates (subject to hydrolysis) is 1. The summed E-state index contributed by atoms with van der Waals surface area (Å²) in [5.41, 5.74) is 1.11. The fraction of sp³-hybridized carbons (Fsp3) is 0.667. The topological polar surface area (TPSA) is 87.7 Å². The summed E-state index contributed by atoms with van der Waals surface area (Å²) in [5, 5.41) is 5.57. The SMILES string of the molecule is CCCCNC(=O)C(c1cccc(C)c1)N(C(=O)CNC(=O)OC(C)(C)C)C(C)CCC(C)C. The van der Waals surface area contributed by atoms with E-state index in [-0.39, 0.29) is 24.4 Å². The zero-order valence-corrected chi connectivity index (χ0v) is 22.4. The molecule has 3 amide bonds. The molecule has 192 valence electrons. The summed E-state index contributed by atoms with van der Waals surface area (Å²) < 4.78 is 5.28. The minimum atomic E-state index is -0.785. The van der Waals surface area contributed by atoms with Gasteiger partial charge in [0.25, 0.3) is 0 Å². The average Bonchev–Trinajstić information content (AvgIpc) is 2.72. The Morgan fingerprint density at radius 2 is 1.74 bits per heavy atom. The van der Waals surface area contributed by atoms with Crippen LogP contribution in [0.4, 0.5) is 4.79 Å². The van der Waals surface area contributed by atoms with Gasteiger partial charge in [-0.3, -0.25) is 9.59 Å². The summed E-state index contributed by atoms with van der Waals surface area (Å²) in [7, 11) is 0. The van der Waals surface area contributed by atoms with Crippen LogP contribution in [0.25, 0.3) is 0 Å². The van der Waals surface area contributed by atoms with Crippen LogP contribution in [0.3, 0.4) is 0 Å². The highest BCUT2D eigenvalue weighted by Crippen LogP contribution is 2.27. The van der Waals surface area contributed by atoms with Gasteiger partial charge in [-0.1, -0.05) is 57.0 Å². The molecule has 1 aromatic rings. The molecule has 7 nitrogen and oxygen atoms in total. The zero-order chi connectivity index (χ0) is 25.9. The van der Waals surface area contributed by atoms with Crippen LogP contribution in [0.1, 0.15) is 91.3 Å². The molecule has 2 N–H and O–H groups in total. The molecule has 7 heteroatoms. The van der Waals surface area contributed by atoms with Crippen LogP contribution < -0.4 is 10.6 Å². The van der Waals surface area contributed by atoms with Crippen LogP contribution in [0.2, 0.25) is 0 Å². The van der Waals surface area contributed by atoms with Crippen LogP contribution in [0, 0.1) is 12.8 Å². The molecule has 34 heavy (non-hydrogen) atoms. The summed E-state index contributed by atoms with van der Waals surface area (Å²) in [5.74, 6) is -0.0598. The quantitative estimate of drug-likeness (QED) is 0.410. The van der Waals surface area contributed by atoms with E-state index in [4.69, 9.17) is 4.74 Å². The number of hydrogen-bond acceptors (Lipinski definition) is 4. The smallest absolute Gasteiger partial charge is 0.408 e. The minimum Gasteiger partial charge on any atom is -0.444 e. The van der Waals surface area contributed by atoms with Crippen molar-refractivity contribution < 1.29 is 19.1 Å². The predicted octanol–water partition coefficient (Wildman–Crippen LogP) is 5.13.